The number of para-hydroxylation sites is 1. The molecule has 1 aromatic heterocycles. The van der Waals surface area contributed by atoms with Crippen molar-refractivity contribution in [3.63, 3.8) is 0 Å². The Balaban J connectivity index is 1.91. The van der Waals surface area contributed by atoms with E-state index in [9.17, 15) is 13.2 Å². The molecule has 134 valence electrons. The molecule has 1 N–H and O–H groups in total. The fraction of sp³-hybridized carbons (Fsp3) is 0.389. The van der Waals surface area contributed by atoms with Crippen molar-refractivity contribution < 1.29 is 13.2 Å². The molecule has 5 nitrogen and oxygen atoms in total. The molecule has 1 aromatic carbocycles. The maximum absolute atomic E-state index is 13.1. The summed E-state index contributed by atoms with van der Waals surface area (Å²) in [6.45, 7) is 6.13. The van der Waals surface area contributed by atoms with Crippen molar-refractivity contribution in [2.24, 2.45) is 0 Å². The molecule has 2 heterocycles. The predicted molar refractivity (Wildman–Crippen MR) is 101 cm³/mol. The van der Waals surface area contributed by atoms with Crippen LogP contribution < -0.4 is 9.62 Å². The van der Waals surface area contributed by atoms with Gasteiger partial charge < -0.3 is 5.32 Å². The van der Waals surface area contributed by atoms with Crippen molar-refractivity contribution in [1.82, 2.24) is 5.32 Å². The van der Waals surface area contributed by atoms with E-state index in [1.165, 1.54) is 10.4 Å². The lowest BCUT2D eigenvalue weighted by Gasteiger charge is -2.30. The van der Waals surface area contributed by atoms with Crippen molar-refractivity contribution in [2.45, 2.75) is 44.0 Å². The zero-order valence-corrected chi connectivity index (χ0v) is 16.2. The Morgan fingerprint density at radius 1 is 1.24 bits per heavy atom. The number of thiophene rings is 1. The van der Waals surface area contributed by atoms with Gasteiger partial charge in [-0.1, -0.05) is 18.2 Å². The summed E-state index contributed by atoms with van der Waals surface area (Å²) in [5, 5.41) is 4.40. The van der Waals surface area contributed by atoms with E-state index in [2.05, 4.69) is 5.32 Å². The summed E-state index contributed by atoms with van der Waals surface area (Å²) in [5.41, 5.74) is 1.41. The number of hydrogen-bond donors (Lipinski definition) is 1. The van der Waals surface area contributed by atoms with E-state index in [4.69, 9.17) is 0 Å². The average molecular weight is 379 g/mol. The average Bonchev–Trinajstić information content (AvgIpc) is 3.03. The van der Waals surface area contributed by atoms with Gasteiger partial charge in [0.05, 0.1) is 15.5 Å². The molecule has 0 aliphatic carbocycles. The van der Waals surface area contributed by atoms with E-state index >= 15 is 0 Å². The van der Waals surface area contributed by atoms with Crippen LogP contribution >= 0.6 is 11.3 Å². The first-order chi connectivity index (χ1) is 11.7. The van der Waals surface area contributed by atoms with Crippen LogP contribution in [0.2, 0.25) is 0 Å². The highest BCUT2D eigenvalue weighted by atomic mass is 32.2. The molecular weight excluding hydrogens is 356 g/mol. The Kier molecular flexibility index (Phi) is 4.64. The molecule has 1 amide bonds. The Morgan fingerprint density at radius 3 is 2.68 bits per heavy atom. The van der Waals surface area contributed by atoms with Crippen LogP contribution in [0.25, 0.3) is 0 Å². The topological polar surface area (TPSA) is 66.5 Å². The number of fused-ring (bicyclic) bond motifs is 1. The second kappa shape index (κ2) is 6.46. The summed E-state index contributed by atoms with van der Waals surface area (Å²) in [7, 11) is -3.67. The molecule has 0 unspecified atom stereocenters. The van der Waals surface area contributed by atoms with Crippen LogP contribution in [0.1, 0.15) is 42.4 Å². The fourth-order valence-corrected chi connectivity index (χ4v) is 5.55. The highest BCUT2D eigenvalue weighted by molar-refractivity contribution is 7.93. The summed E-state index contributed by atoms with van der Waals surface area (Å²) >= 11 is 1.15. The minimum atomic E-state index is -3.67. The van der Waals surface area contributed by atoms with Crippen LogP contribution in [0, 0.1) is 0 Å². The zero-order chi connectivity index (χ0) is 18.2. The van der Waals surface area contributed by atoms with Crippen molar-refractivity contribution >= 4 is 33.0 Å². The van der Waals surface area contributed by atoms with Crippen LogP contribution in [-0.4, -0.2) is 26.4 Å². The van der Waals surface area contributed by atoms with Gasteiger partial charge in [-0.2, -0.15) is 0 Å². The second-order valence-corrected chi connectivity index (χ2v) is 9.93. The molecule has 7 heteroatoms. The summed E-state index contributed by atoms with van der Waals surface area (Å²) in [6.07, 6.45) is 1.67. The number of benzene rings is 1. The molecule has 0 spiro atoms. The Morgan fingerprint density at radius 2 is 1.96 bits per heavy atom. The molecule has 0 saturated heterocycles. The monoisotopic (exact) mass is 378 g/mol. The molecule has 1 aliphatic rings. The molecule has 0 bridgehead atoms. The standard InChI is InChI=1S/C18H22N2O3S2/c1-18(2,3)19-17(21)16-11-14(12-24-16)25(22,23)20-10-6-8-13-7-4-5-9-15(13)20/h4-5,7,9,11-12H,6,8,10H2,1-3H3,(H,19,21). The first kappa shape index (κ1) is 17.9. The van der Waals surface area contributed by atoms with Crippen LogP contribution in [-0.2, 0) is 16.4 Å². The fourth-order valence-electron chi connectivity index (χ4n) is 2.85. The van der Waals surface area contributed by atoms with Crippen molar-refractivity contribution in [3.05, 3.63) is 46.2 Å². The molecule has 0 saturated carbocycles. The number of rotatable bonds is 3. The lowest BCUT2D eigenvalue weighted by atomic mass is 10.0. The second-order valence-electron chi connectivity index (χ2n) is 7.16. The van der Waals surface area contributed by atoms with E-state index < -0.39 is 10.0 Å². The molecule has 25 heavy (non-hydrogen) atoms. The summed E-state index contributed by atoms with van der Waals surface area (Å²) in [4.78, 5) is 12.8. The van der Waals surface area contributed by atoms with Gasteiger partial charge in [-0.15, -0.1) is 11.3 Å². The first-order valence-corrected chi connectivity index (χ1v) is 10.5. The van der Waals surface area contributed by atoms with E-state index in [0.29, 0.717) is 11.4 Å². The van der Waals surface area contributed by atoms with Gasteiger partial charge in [0.2, 0.25) is 0 Å². The van der Waals surface area contributed by atoms with Crippen molar-refractivity contribution in [1.29, 1.82) is 0 Å². The number of carbonyl (C=O) groups is 1. The molecular formula is C18H22N2O3S2. The number of carbonyl (C=O) groups excluding carboxylic acids is 1. The maximum atomic E-state index is 13.1. The van der Waals surface area contributed by atoms with Gasteiger partial charge in [0.15, 0.2) is 0 Å². The van der Waals surface area contributed by atoms with Gasteiger partial charge in [0.25, 0.3) is 15.9 Å². The third-order valence-corrected chi connectivity index (χ3v) is 6.81. The Bertz CT molecular complexity index is 895. The van der Waals surface area contributed by atoms with Crippen molar-refractivity contribution in [3.8, 4) is 0 Å². The number of amides is 1. The van der Waals surface area contributed by atoms with Gasteiger partial charge in [0.1, 0.15) is 0 Å². The Labute approximate surface area is 152 Å². The summed E-state index contributed by atoms with van der Waals surface area (Å²) < 4.78 is 27.6. The van der Waals surface area contributed by atoms with Gasteiger partial charge in [-0.25, -0.2) is 8.42 Å². The van der Waals surface area contributed by atoms with Gasteiger partial charge in [-0.05, 0) is 51.3 Å². The summed E-state index contributed by atoms with van der Waals surface area (Å²) in [6, 6.07) is 9.05. The van der Waals surface area contributed by atoms with Crippen LogP contribution in [0.5, 0.6) is 0 Å². The third kappa shape index (κ3) is 3.72. The number of nitrogens with zero attached hydrogens (tertiary/aromatic N) is 1. The smallest absolute Gasteiger partial charge is 0.265 e. The minimum absolute atomic E-state index is 0.174. The minimum Gasteiger partial charge on any atom is -0.347 e. The zero-order valence-electron chi connectivity index (χ0n) is 14.6. The van der Waals surface area contributed by atoms with Crippen LogP contribution in [0.3, 0.4) is 0 Å². The van der Waals surface area contributed by atoms with E-state index in [0.717, 1.165) is 35.4 Å². The van der Waals surface area contributed by atoms with E-state index in [1.54, 1.807) is 5.38 Å². The predicted octanol–water partition coefficient (Wildman–Crippen LogP) is 3.42. The normalized spacial score (nSPS) is 14.9. The third-order valence-electron chi connectivity index (χ3n) is 3.94. The molecule has 3 rings (SSSR count). The van der Waals surface area contributed by atoms with Crippen molar-refractivity contribution in [2.75, 3.05) is 10.8 Å². The SMILES string of the molecule is CC(C)(C)NC(=O)c1cc(S(=O)(=O)N2CCCc3ccccc32)cs1. The quantitative estimate of drug-likeness (QED) is 0.890. The van der Waals surface area contributed by atoms with E-state index in [-0.39, 0.29) is 16.3 Å². The lowest BCUT2D eigenvalue weighted by Crippen LogP contribution is -2.40. The number of nitrogens with one attached hydrogen (secondary N) is 1. The number of sulfonamides is 1. The van der Waals surface area contributed by atoms with Crippen LogP contribution in [0.4, 0.5) is 5.69 Å². The highest BCUT2D eigenvalue weighted by Crippen LogP contribution is 2.33. The molecule has 1 aliphatic heterocycles. The van der Waals surface area contributed by atoms with Gasteiger partial charge in [-0.3, -0.25) is 9.10 Å². The van der Waals surface area contributed by atoms with Gasteiger partial charge in [0, 0.05) is 17.5 Å². The summed E-state index contributed by atoms with van der Waals surface area (Å²) in [5.74, 6) is -0.252. The number of aryl methyl sites for hydroxylation is 1. The molecule has 0 radical (unpaired) electrons. The van der Waals surface area contributed by atoms with Crippen LogP contribution in [0.15, 0.2) is 40.6 Å². The molecule has 0 atom stereocenters. The van der Waals surface area contributed by atoms with E-state index in [1.807, 2.05) is 45.0 Å². The lowest BCUT2D eigenvalue weighted by molar-refractivity contribution is 0.0923. The molecule has 2 aromatic rings. The first-order valence-electron chi connectivity index (χ1n) is 8.20. The largest absolute Gasteiger partial charge is 0.347 e. The van der Waals surface area contributed by atoms with Gasteiger partial charge >= 0.3 is 0 Å². The highest BCUT2D eigenvalue weighted by Gasteiger charge is 2.30. The Hall–Kier alpha value is -1.86. The molecule has 0 fully saturated rings. The maximum Gasteiger partial charge on any atom is 0.265 e. The number of hydrogen-bond acceptors (Lipinski definition) is 4. The number of anilines is 1.